The monoisotopic (exact) mass is 370 g/mol. The molecule has 0 spiro atoms. The molecule has 3 heteroatoms. The molecule has 0 radical (unpaired) electrons. The van der Waals surface area contributed by atoms with Gasteiger partial charge in [0, 0.05) is 6.04 Å². The first-order valence-corrected chi connectivity index (χ1v) is 11.1. The lowest BCUT2D eigenvalue weighted by Crippen LogP contribution is -2.58. The Morgan fingerprint density at radius 3 is 2.15 bits per heavy atom. The first-order chi connectivity index (χ1) is 12.6. The molecule has 1 aromatic carbocycles. The molecular weight excluding hydrogens is 336 g/mol. The van der Waals surface area contributed by atoms with Crippen molar-refractivity contribution in [3.8, 4) is 0 Å². The standard InChI is InChI=1S/C23H34N2S/c1-3-7-21(23-13-17-10-18(14-23)12-19(11-17)15-23)25-22(26)24-16(2)20-8-5-4-6-9-20/h4-6,8-9,16-19,21H,3,7,10-15H2,1-2H3,(H2,24,25,26). The Morgan fingerprint density at radius 2 is 1.62 bits per heavy atom. The molecule has 4 aliphatic carbocycles. The lowest BCUT2D eigenvalue weighted by molar-refractivity contribution is -0.0720. The van der Waals surface area contributed by atoms with E-state index in [1.807, 2.05) is 0 Å². The van der Waals surface area contributed by atoms with E-state index in [0.29, 0.717) is 11.5 Å². The number of hydrogen-bond donors (Lipinski definition) is 2. The second-order valence-corrected chi connectivity index (χ2v) is 9.78. The largest absolute Gasteiger partial charge is 0.359 e. The fraction of sp³-hybridized carbons (Fsp3) is 0.696. The third kappa shape index (κ3) is 3.65. The Bertz CT molecular complexity index is 591. The maximum Gasteiger partial charge on any atom is 0.167 e. The van der Waals surface area contributed by atoms with Crippen molar-refractivity contribution >= 4 is 17.3 Å². The molecule has 0 saturated heterocycles. The van der Waals surface area contributed by atoms with Gasteiger partial charge in [-0.1, -0.05) is 43.7 Å². The Kier molecular flexibility index (Phi) is 5.27. The molecule has 2 atom stereocenters. The molecule has 4 bridgehead atoms. The Labute approximate surface area is 164 Å². The van der Waals surface area contributed by atoms with Crippen LogP contribution < -0.4 is 10.6 Å². The van der Waals surface area contributed by atoms with Crippen LogP contribution in [0.5, 0.6) is 0 Å². The molecule has 4 aliphatic rings. The number of hydrogen-bond acceptors (Lipinski definition) is 1. The summed E-state index contributed by atoms with van der Waals surface area (Å²) in [5.41, 5.74) is 1.80. The van der Waals surface area contributed by atoms with E-state index in [1.165, 1.54) is 56.9 Å². The highest BCUT2D eigenvalue weighted by Gasteiger charge is 2.54. The lowest BCUT2D eigenvalue weighted by atomic mass is 9.47. The van der Waals surface area contributed by atoms with Crippen molar-refractivity contribution in [1.82, 2.24) is 10.6 Å². The number of nitrogens with one attached hydrogen (secondary N) is 2. The van der Waals surface area contributed by atoms with Crippen LogP contribution in [-0.2, 0) is 0 Å². The van der Waals surface area contributed by atoms with Gasteiger partial charge in [-0.2, -0.15) is 0 Å². The minimum atomic E-state index is 0.245. The van der Waals surface area contributed by atoms with Crippen molar-refractivity contribution in [2.45, 2.75) is 77.3 Å². The second kappa shape index (κ2) is 7.50. The molecule has 1 aromatic rings. The van der Waals surface area contributed by atoms with Gasteiger partial charge in [-0.25, -0.2) is 0 Å². The Hall–Kier alpha value is -1.09. The molecule has 26 heavy (non-hydrogen) atoms. The highest BCUT2D eigenvalue weighted by molar-refractivity contribution is 7.80. The zero-order valence-electron chi connectivity index (χ0n) is 16.3. The molecule has 0 heterocycles. The van der Waals surface area contributed by atoms with Gasteiger partial charge in [-0.3, -0.25) is 0 Å². The fourth-order valence-electron chi connectivity index (χ4n) is 6.65. The maximum absolute atomic E-state index is 5.75. The molecule has 142 valence electrons. The van der Waals surface area contributed by atoms with Crippen LogP contribution in [0.2, 0.25) is 0 Å². The van der Waals surface area contributed by atoms with Crippen molar-refractivity contribution in [3.63, 3.8) is 0 Å². The molecule has 5 rings (SSSR count). The van der Waals surface area contributed by atoms with E-state index < -0.39 is 0 Å². The number of benzene rings is 1. The maximum atomic E-state index is 5.75. The van der Waals surface area contributed by atoms with E-state index in [9.17, 15) is 0 Å². The average Bonchev–Trinajstić information content (AvgIpc) is 2.61. The lowest BCUT2D eigenvalue weighted by Gasteiger charge is -2.59. The summed E-state index contributed by atoms with van der Waals surface area (Å²) in [5, 5.41) is 8.18. The topological polar surface area (TPSA) is 24.1 Å². The molecule has 0 amide bonds. The Morgan fingerprint density at radius 1 is 1.04 bits per heavy atom. The third-order valence-corrected chi connectivity index (χ3v) is 7.59. The third-order valence-electron chi connectivity index (χ3n) is 7.35. The summed E-state index contributed by atoms with van der Waals surface area (Å²) in [7, 11) is 0. The predicted octanol–water partition coefficient (Wildman–Crippen LogP) is 5.60. The molecule has 4 fully saturated rings. The average molecular weight is 371 g/mol. The van der Waals surface area contributed by atoms with Crippen molar-refractivity contribution in [1.29, 1.82) is 0 Å². The van der Waals surface area contributed by atoms with Crippen LogP contribution in [0.1, 0.15) is 76.8 Å². The van der Waals surface area contributed by atoms with Crippen LogP contribution in [0.25, 0.3) is 0 Å². The van der Waals surface area contributed by atoms with Crippen LogP contribution in [0.4, 0.5) is 0 Å². The highest BCUT2D eigenvalue weighted by Crippen LogP contribution is 2.61. The molecule has 4 saturated carbocycles. The summed E-state index contributed by atoms with van der Waals surface area (Å²) in [6.07, 6.45) is 11.3. The normalized spacial score (nSPS) is 34.3. The molecule has 0 aromatic heterocycles. The zero-order valence-corrected chi connectivity index (χ0v) is 17.2. The Balaban J connectivity index is 1.43. The van der Waals surface area contributed by atoms with Gasteiger partial charge in [0.25, 0.3) is 0 Å². The molecule has 2 N–H and O–H groups in total. The van der Waals surface area contributed by atoms with Gasteiger partial charge in [-0.15, -0.1) is 0 Å². The van der Waals surface area contributed by atoms with Crippen molar-refractivity contribution < 1.29 is 0 Å². The predicted molar refractivity (Wildman–Crippen MR) is 113 cm³/mol. The molecule has 0 aliphatic heterocycles. The first-order valence-electron chi connectivity index (χ1n) is 10.7. The zero-order chi connectivity index (χ0) is 18.1. The van der Waals surface area contributed by atoms with Crippen molar-refractivity contribution in [2.75, 3.05) is 0 Å². The van der Waals surface area contributed by atoms with Crippen molar-refractivity contribution in [3.05, 3.63) is 35.9 Å². The van der Waals surface area contributed by atoms with Crippen LogP contribution in [0, 0.1) is 23.2 Å². The van der Waals surface area contributed by atoms with Crippen molar-refractivity contribution in [2.24, 2.45) is 23.2 Å². The minimum Gasteiger partial charge on any atom is -0.359 e. The second-order valence-electron chi connectivity index (χ2n) is 9.37. The molecular formula is C23H34N2S. The first kappa shape index (κ1) is 18.3. The SMILES string of the molecule is CCCC(NC(=S)NC(C)c1ccccc1)C12CC3CC(CC(C3)C1)C2. The van der Waals surface area contributed by atoms with Gasteiger partial charge >= 0.3 is 0 Å². The van der Waals surface area contributed by atoms with Gasteiger partial charge in [0.2, 0.25) is 0 Å². The summed E-state index contributed by atoms with van der Waals surface area (Å²) in [6.45, 7) is 4.52. The van der Waals surface area contributed by atoms with Gasteiger partial charge < -0.3 is 10.6 Å². The van der Waals surface area contributed by atoms with Gasteiger partial charge in [0.15, 0.2) is 5.11 Å². The summed E-state index contributed by atoms with van der Waals surface area (Å²) >= 11 is 5.75. The van der Waals surface area contributed by atoms with E-state index in [2.05, 4.69) is 54.8 Å². The highest BCUT2D eigenvalue weighted by atomic mass is 32.1. The summed E-state index contributed by atoms with van der Waals surface area (Å²) in [4.78, 5) is 0. The van der Waals surface area contributed by atoms with Crippen LogP contribution in [0.3, 0.4) is 0 Å². The van der Waals surface area contributed by atoms with Gasteiger partial charge in [0.05, 0.1) is 6.04 Å². The van der Waals surface area contributed by atoms with E-state index in [4.69, 9.17) is 12.2 Å². The molecule has 2 nitrogen and oxygen atoms in total. The summed E-state index contributed by atoms with van der Waals surface area (Å²) < 4.78 is 0. The van der Waals surface area contributed by atoms with Gasteiger partial charge in [-0.05, 0) is 92.8 Å². The van der Waals surface area contributed by atoms with Crippen LogP contribution in [0.15, 0.2) is 30.3 Å². The van der Waals surface area contributed by atoms with E-state index in [1.54, 1.807) is 0 Å². The summed E-state index contributed by atoms with van der Waals surface area (Å²) in [5.74, 6) is 2.98. The number of thiocarbonyl (C=S) groups is 1. The van der Waals surface area contributed by atoms with Crippen LogP contribution >= 0.6 is 12.2 Å². The quantitative estimate of drug-likeness (QED) is 0.638. The van der Waals surface area contributed by atoms with E-state index >= 15 is 0 Å². The fourth-order valence-corrected chi connectivity index (χ4v) is 6.97. The molecule has 2 unspecified atom stereocenters. The van der Waals surface area contributed by atoms with Gasteiger partial charge in [0.1, 0.15) is 0 Å². The number of rotatable bonds is 6. The smallest absolute Gasteiger partial charge is 0.167 e. The van der Waals surface area contributed by atoms with E-state index in [0.717, 1.165) is 22.9 Å². The summed E-state index contributed by atoms with van der Waals surface area (Å²) in [6, 6.07) is 11.4. The van der Waals surface area contributed by atoms with E-state index in [-0.39, 0.29) is 6.04 Å². The minimum absolute atomic E-state index is 0.245. The van der Waals surface area contributed by atoms with Crippen LogP contribution in [-0.4, -0.2) is 11.2 Å².